The zero-order valence-corrected chi connectivity index (χ0v) is 17.0. The standard InChI is InChI=1S/C27H24N2O/c1-21-9-5-6-12-24(21)19-29(27(30)23-15-17-28-18-16-23)20-25-13-7-8-14-26(25)22-10-3-2-4-11-22/h2-18H,19-20H2,1H3. The van der Waals surface area contributed by atoms with Crippen molar-refractivity contribution in [1.82, 2.24) is 9.88 Å². The van der Waals surface area contributed by atoms with E-state index in [2.05, 4.69) is 48.3 Å². The largest absolute Gasteiger partial charge is 0.330 e. The van der Waals surface area contributed by atoms with Crippen LogP contribution >= 0.6 is 0 Å². The Morgan fingerprint density at radius 2 is 1.33 bits per heavy atom. The first-order valence-electron chi connectivity index (χ1n) is 10.1. The van der Waals surface area contributed by atoms with Gasteiger partial charge in [-0.05, 0) is 46.9 Å². The highest BCUT2D eigenvalue weighted by Crippen LogP contribution is 2.26. The molecule has 148 valence electrons. The van der Waals surface area contributed by atoms with Gasteiger partial charge in [-0.1, -0.05) is 78.9 Å². The lowest BCUT2D eigenvalue weighted by atomic mass is 9.99. The number of aryl methyl sites for hydroxylation is 1. The van der Waals surface area contributed by atoms with Crippen LogP contribution in [0, 0.1) is 6.92 Å². The first-order valence-corrected chi connectivity index (χ1v) is 10.1. The minimum absolute atomic E-state index is 0.00326. The summed E-state index contributed by atoms with van der Waals surface area (Å²) in [7, 11) is 0. The van der Waals surface area contributed by atoms with Gasteiger partial charge < -0.3 is 4.90 Å². The summed E-state index contributed by atoms with van der Waals surface area (Å²) in [6.07, 6.45) is 3.33. The van der Waals surface area contributed by atoms with Crippen molar-refractivity contribution in [2.45, 2.75) is 20.0 Å². The Balaban J connectivity index is 1.71. The van der Waals surface area contributed by atoms with E-state index >= 15 is 0 Å². The van der Waals surface area contributed by atoms with Crippen LogP contribution in [0.3, 0.4) is 0 Å². The van der Waals surface area contributed by atoms with E-state index in [0.29, 0.717) is 18.7 Å². The SMILES string of the molecule is Cc1ccccc1CN(Cc1ccccc1-c1ccccc1)C(=O)c1ccncc1. The molecule has 4 rings (SSSR count). The maximum Gasteiger partial charge on any atom is 0.254 e. The molecule has 0 N–H and O–H groups in total. The van der Waals surface area contributed by atoms with Crippen molar-refractivity contribution >= 4 is 5.91 Å². The van der Waals surface area contributed by atoms with Gasteiger partial charge in [0.05, 0.1) is 0 Å². The first-order chi connectivity index (χ1) is 14.7. The normalized spacial score (nSPS) is 10.6. The fraction of sp³-hybridized carbons (Fsp3) is 0.111. The van der Waals surface area contributed by atoms with Crippen LogP contribution in [-0.2, 0) is 13.1 Å². The third-order valence-electron chi connectivity index (χ3n) is 5.30. The molecular formula is C27H24N2O. The molecule has 0 aliphatic heterocycles. The molecule has 3 heteroatoms. The molecule has 0 atom stereocenters. The molecule has 4 aromatic rings. The highest BCUT2D eigenvalue weighted by molar-refractivity contribution is 5.94. The number of rotatable bonds is 6. The quantitative estimate of drug-likeness (QED) is 0.409. The second-order valence-corrected chi connectivity index (χ2v) is 7.35. The van der Waals surface area contributed by atoms with E-state index < -0.39 is 0 Å². The second-order valence-electron chi connectivity index (χ2n) is 7.35. The lowest BCUT2D eigenvalue weighted by Crippen LogP contribution is -2.30. The third kappa shape index (κ3) is 4.47. The summed E-state index contributed by atoms with van der Waals surface area (Å²) in [5, 5.41) is 0. The van der Waals surface area contributed by atoms with Crippen molar-refractivity contribution < 1.29 is 4.79 Å². The number of aromatic nitrogens is 1. The second kappa shape index (κ2) is 9.19. The molecule has 0 bridgehead atoms. The zero-order chi connectivity index (χ0) is 20.8. The number of benzene rings is 3. The number of hydrogen-bond donors (Lipinski definition) is 0. The van der Waals surface area contributed by atoms with Crippen LogP contribution in [0.4, 0.5) is 0 Å². The van der Waals surface area contributed by atoms with E-state index in [1.54, 1.807) is 24.5 Å². The lowest BCUT2D eigenvalue weighted by Gasteiger charge is -2.25. The number of amides is 1. The molecule has 3 nitrogen and oxygen atoms in total. The summed E-state index contributed by atoms with van der Waals surface area (Å²) >= 11 is 0. The van der Waals surface area contributed by atoms with Gasteiger partial charge in [0.1, 0.15) is 0 Å². The van der Waals surface area contributed by atoms with E-state index in [-0.39, 0.29) is 5.91 Å². The average molecular weight is 393 g/mol. The van der Waals surface area contributed by atoms with Crippen molar-refractivity contribution in [3.8, 4) is 11.1 Å². The monoisotopic (exact) mass is 392 g/mol. The first kappa shape index (κ1) is 19.6. The van der Waals surface area contributed by atoms with Crippen LogP contribution in [-0.4, -0.2) is 15.8 Å². The summed E-state index contributed by atoms with van der Waals surface area (Å²) in [6.45, 7) is 3.17. The van der Waals surface area contributed by atoms with Crippen molar-refractivity contribution in [3.05, 3.63) is 126 Å². The summed E-state index contributed by atoms with van der Waals surface area (Å²) in [4.78, 5) is 19.4. The number of carbonyl (C=O) groups is 1. The Kier molecular flexibility index (Phi) is 6.00. The number of nitrogens with zero attached hydrogens (tertiary/aromatic N) is 2. The molecule has 0 saturated heterocycles. The highest BCUT2D eigenvalue weighted by Gasteiger charge is 2.19. The molecule has 0 aliphatic rings. The molecule has 30 heavy (non-hydrogen) atoms. The highest BCUT2D eigenvalue weighted by atomic mass is 16.2. The summed E-state index contributed by atoms with van der Waals surface area (Å²) in [6, 6.07) is 30.4. The molecule has 1 aromatic heterocycles. The van der Waals surface area contributed by atoms with Gasteiger partial charge in [-0.2, -0.15) is 0 Å². The van der Waals surface area contributed by atoms with Crippen LogP contribution in [0.25, 0.3) is 11.1 Å². The fourth-order valence-electron chi connectivity index (χ4n) is 3.63. The summed E-state index contributed by atoms with van der Waals surface area (Å²) in [5.41, 5.74) is 6.41. The van der Waals surface area contributed by atoms with Gasteiger partial charge in [0.15, 0.2) is 0 Å². The molecular weight excluding hydrogens is 368 g/mol. The van der Waals surface area contributed by atoms with Crippen molar-refractivity contribution in [1.29, 1.82) is 0 Å². The van der Waals surface area contributed by atoms with Gasteiger partial charge in [-0.25, -0.2) is 0 Å². The topological polar surface area (TPSA) is 33.2 Å². The summed E-state index contributed by atoms with van der Waals surface area (Å²) < 4.78 is 0. The third-order valence-corrected chi connectivity index (χ3v) is 5.30. The predicted octanol–water partition coefficient (Wildman–Crippen LogP) is 5.90. The van der Waals surface area contributed by atoms with Crippen LogP contribution < -0.4 is 0 Å². The van der Waals surface area contributed by atoms with Gasteiger partial charge in [0.2, 0.25) is 0 Å². The van der Waals surface area contributed by atoms with E-state index in [1.165, 1.54) is 5.56 Å². The van der Waals surface area contributed by atoms with Crippen LogP contribution in [0.15, 0.2) is 103 Å². The molecule has 0 spiro atoms. The van der Waals surface area contributed by atoms with Gasteiger partial charge in [-0.15, -0.1) is 0 Å². The molecule has 0 aliphatic carbocycles. The van der Waals surface area contributed by atoms with Gasteiger partial charge in [0.25, 0.3) is 5.91 Å². The van der Waals surface area contributed by atoms with Crippen LogP contribution in [0.1, 0.15) is 27.0 Å². The van der Waals surface area contributed by atoms with Gasteiger partial charge in [-0.3, -0.25) is 9.78 Å². The smallest absolute Gasteiger partial charge is 0.254 e. The zero-order valence-electron chi connectivity index (χ0n) is 17.0. The van der Waals surface area contributed by atoms with E-state index in [0.717, 1.165) is 22.3 Å². The van der Waals surface area contributed by atoms with Crippen LogP contribution in [0.5, 0.6) is 0 Å². The fourth-order valence-corrected chi connectivity index (χ4v) is 3.63. The minimum atomic E-state index is 0.00326. The summed E-state index contributed by atoms with van der Waals surface area (Å²) in [5.74, 6) is 0.00326. The van der Waals surface area contributed by atoms with Crippen molar-refractivity contribution in [3.63, 3.8) is 0 Å². The Labute approximate surface area is 177 Å². The molecule has 1 heterocycles. The minimum Gasteiger partial charge on any atom is -0.330 e. The Bertz CT molecular complexity index is 1120. The maximum absolute atomic E-state index is 13.4. The maximum atomic E-state index is 13.4. The number of carbonyl (C=O) groups excluding carboxylic acids is 1. The average Bonchev–Trinajstić information content (AvgIpc) is 2.81. The van der Waals surface area contributed by atoms with Crippen molar-refractivity contribution in [2.75, 3.05) is 0 Å². The number of hydrogen-bond acceptors (Lipinski definition) is 2. The molecule has 0 unspecified atom stereocenters. The molecule has 1 amide bonds. The molecule has 0 radical (unpaired) electrons. The Morgan fingerprint density at radius 1 is 0.733 bits per heavy atom. The number of pyridine rings is 1. The molecule has 3 aromatic carbocycles. The van der Waals surface area contributed by atoms with Crippen molar-refractivity contribution in [2.24, 2.45) is 0 Å². The van der Waals surface area contributed by atoms with Gasteiger partial charge >= 0.3 is 0 Å². The van der Waals surface area contributed by atoms with E-state index in [1.807, 2.05) is 47.4 Å². The molecule has 0 fully saturated rings. The predicted molar refractivity (Wildman–Crippen MR) is 121 cm³/mol. The van der Waals surface area contributed by atoms with E-state index in [4.69, 9.17) is 0 Å². The molecule has 0 saturated carbocycles. The van der Waals surface area contributed by atoms with E-state index in [9.17, 15) is 4.79 Å². The Hall–Kier alpha value is -3.72. The van der Waals surface area contributed by atoms with Gasteiger partial charge in [0, 0.05) is 31.0 Å². The van der Waals surface area contributed by atoms with Crippen LogP contribution in [0.2, 0.25) is 0 Å². The lowest BCUT2D eigenvalue weighted by molar-refractivity contribution is 0.0730. The Morgan fingerprint density at radius 3 is 2.07 bits per heavy atom.